The Morgan fingerprint density at radius 2 is 1.30 bits per heavy atom. The number of carboxylic acid groups (broad SMARTS) is 2. The largest absolute Gasteiger partial charge is 0.481 e. The molecule has 1 saturated heterocycles. The molecule has 0 radical (unpaired) electrons. The number of hydrogen-bond acceptors (Lipinski definition) is 4. The Labute approximate surface area is 178 Å². The van der Waals surface area contributed by atoms with Gasteiger partial charge in [-0.3, -0.25) is 9.59 Å². The van der Waals surface area contributed by atoms with E-state index in [0.29, 0.717) is 12.6 Å². The third-order valence-corrected chi connectivity index (χ3v) is 4.78. The molecule has 1 unspecified atom stereocenters. The Bertz CT molecular complexity index is 669. The summed E-state index contributed by atoms with van der Waals surface area (Å²) in [4.78, 5) is 22.6. The van der Waals surface area contributed by atoms with Gasteiger partial charge in [0.2, 0.25) is 0 Å². The van der Waals surface area contributed by atoms with Crippen LogP contribution in [0.5, 0.6) is 0 Å². The Morgan fingerprint density at radius 1 is 0.833 bits per heavy atom. The average molecular weight is 416 g/mol. The van der Waals surface area contributed by atoms with Gasteiger partial charge in [-0.1, -0.05) is 73.5 Å². The smallest absolute Gasteiger partial charge is 0.307 e. The fraction of sp³-hybridized carbons (Fsp3) is 0.417. The van der Waals surface area contributed by atoms with Crippen molar-refractivity contribution in [1.82, 2.24) is 4.90 Å². The summed E-state index contributed by atoms with van der Waals surface area (Å²) in [6.45, 7) is 1.49. The molecule has 6 heteroatoms. The lowest BCUT2D eigenvalue weighted by atomic mass is 10.1. The van der Waals surface area contributed by atoms with Crippen LogP contribution < -0.4 is 0 Å². The molecule has 1 aliphatic rings. The number of nitrogens with zero attached hydrogens (tertiary/aromatic N) is 1. The highest BCUT2D eigenvalue weighted by molar-refractivity contribution is 5.70. The van der Waals surface area contributed by atoms with Gasteiger partial charge >= 0.3 is 11.9 Å². The van der Waals surface area contributed by atoms with E-state index in [-0.39, 0.29) is 12.8 Å². The fourth-order valence-corrected chi connectivity index (χ4v) is 3.09. The van der Waals surface area contributed by atoms with Crippen molar-refractivity contribution < 1.29 is 24.9 Å². The molecule has 0 aliphatic carbocycles. The summed E-state index contributed by atoms with van der Waals surface area (Å²) in [6, 6.07) is 18.7. The van der Waals surface area contributed by atoms with Crippen molar-refractivity contribution in [2.45, 2.75) is 44.6 Å². The fourth-order valence-electron chi connectivity index (χ4n) is 3.09. The number of aliphatic carboxylic acids is 2. The van der Waals surface area contributed by atoms with Crippen molar-refractivity contribution in [2.75, 3.05) is 20.2 Å². The normalized spacial score (nSPS) is 16.1. The first-order chi connectivity index (χ1) is 14.4. The van der Waals surface area contributed by atoms with Gasteiger partial charge in [0.15, 0.2) is 0 Å². The summed E-state index contributed by atoms with van der Waals surface area (Å²) < 4.78 is 0. The molecule has 6 nitrogen and oxygen atoms in total. The predicted molar refractivity (Wildman–Crippen MR) is 118 cm³/mol. The van der Waals surface area contributed by atoms with Crippen LogP contribution in [0.25, 0.3) is 0 Å². The maximum absolute atomic E-state index is 10.2. The highest BCUT2D eigenvalue weighted by Crippen LogP contribution is 2.13. The lowest BCUT2D eigenvalue weighted by molar-refractivity contribution is -0.137. The number of carboxylic acids is 2. The van der Waals surface area contributed by atoms with E-state index in [4.69, 9.17) is 15.3 Å². The molecule has 1 aliphatic heterocycles. The van der Waals surface area contributed by atoms with Crippen molar-refractivity contribution in [2.24, 2.45) is 0 Å². The van der Waals surface area contributed by atoms with Gasteiger partial charge in [0, 0.05) is 6.04 Å². The van der Waals surface area contributed by atoms with Crippen molar-refractivity contribution >= 4 is 11.9 Å². The molecular formula is C24H33NO5. The van der Waals surface area contributed by atoms with E-state index in [1.54, 1.807) is 24.3 Å². The molecule has 30 heavy (non-hydrogen) atoms. The van der Waals surface area contributed by atoms with Crippen molar-refractivity contribution in [3.05, 3.63) is 71.8 Å². The molecule has 1 fully saturated rings. The quantitative estimate of drug-likeness (QED) is 0.692. The molecule has 164 valence electrons. The number of likely N-dealkylation sites (tertiary alicyclic amines) is 1. The maximum atomic E-state index is 10.2. The predicted octanol–water partition coefficient (Wildman–Crippen LogP) is 3.48. The number of rotatable bonds is 5. The van der Waals surface area contributed by atoms with E-state index in [0.717, 1.165) is 17.7 Å². The summed E-state index contributed by atoms with van der Waals surface area (Å²) in [7, 11) is 2.10. The van der Waals surface area contributed by atoms with Gasteiger partial charge in [-0.25, -0.2) is 0 Å². The molecule has 0 bridgehead atoms. The van der Waals surface area contributed by atoms with Crippen molar-refractivity contribution in [1.29, 1.82) is 0 Å². The van der Waals surface area contributed by atoms with Crippen LogP contribution in [0.15, 0.2) is 60.7 Å². The molecule has 1 heterocycles. The summed E-state index contributed by atoms with van der Waals surface area (Å²) in [6.07, 6.45) is 5.32. The number of benzene rings is 2. The van der Waals surface area contributed by atoms with Gasteiger partial charge in [-0.15, -0.1) is 0 Å². The number of hydrogen-bond donors (Lipinski definition) is 3. The van der Waals surface area contributed by atoms with Gasteiger partial charge in [-0.05, 0) is 37.6 Å². The van der Waals surface area contributed by atoms with E-state index in [1.165, 1.54) is 25.7 Å². The first-order valence-corrected chi connectivity index (χ1v) is 10.2. The molecule has 3 N–H and O–H groups in total. The second-order valence-corrected chi connectivity index (χ2v) is 7.28. The summed E-state index contributed by atoms with van der Waals surface area (Å²) >= 11 is 0. The second-order valence-electron chi connectivity index (χ2n) is 7.28. The van der Waals surface area contributed by atoms with E-state index < -0.39 is 11.9 Å². The van der Waals surface area contributed by atoms with Crippen LogP contribution in [-0.4, -0.2) is 58.4 Å². The average Bonchev–Trinajstić information content (AvgIpc) is 2.93. The molecule has 0 amide bonds. The van der Waals surface area contributed by atoms with E-state index in [1.807, 2.05) is 36.4 Å². The molecular weight excluding hydrogens is 382 g/mol. The molecule has 0 saturated carbocycles. The minimum Gasteiger partial charge on any atom is -0.481 e. The van der Waals surface area contributed by atoms with Gasteiger partial charge < -0.3 is 20.2 Å². The molecule has 2 aromatic carbocycles. The summed E-state index contributed by atoms with van der Waals surface area (Å²) in [5.74, 6) is -1.57. The minimum atomic E-state index is -0.786. The number of carbonyl (C=O) groups is 2. The standard InChI is InChI=1S/C8H17NO.2C8H8O2/c1-9-6-4-2-3-5-8(9)7-10;2*9-8(10)6-7-4-2-1-3-5-7/h8,10H,2-7H2,1H3;2*1-5H,6H2,(H,9,10). The molecule has 3 rings (SSSR count). The van der Waals surface area contributed by atoms with Gasteiger partial charge in [0.1, 0.15) is 0 Å². The molecule has 0 aromatic heterocycles. The Hall–Kier alpha value is -2.70. The van der Waals surface area contributed by atoms with Crippen LogP contribution in [0.4, 0.5) is 0 Å². The van der Waals surface area contributed by atoms with E-state index in [9.17, 15) is 9.59 Å². The zero-order chi connectivity index (χ0) is 22.2. The SMILES string of the molecule is CN1CCCCCC1CO.O=C(O)Cc1ccccc1.O=C(O)Cc1ccccc1. The van der Waals surface area contributed by atoms with Crippen LogP contribution >= 0.6 is 0 Å². The molecule has 0 spiro atoms. The van der Waals surface area contributed by atoms with E-state index in [2.05, 4.69) is 11.9 Å². The Kier molecular flexibility index (Phi) is 12.8. The third-order valence-electron chi connectivity index (χ3n) is 4.78. The van der Waals surface area contributed by atoms with Crippen LogP contribution in [0.2, 0.25) is 0 Å². The monoisotopic (exact) mass is 415 g/mol. The first-order valence-electron chi connectivity index (χ1n) is 10.2. The topological polar surface area (TPSA) is 98.1 Å². The lowest BCUT2D eigenvalue weighted by Gasteiger charge is -2.22. The molecule has 1 atom stereocenters. The van der Waals surface area contributed by atoms with E-state index >= 15 is 0 Å². The van der Waals surface area contributed by atoms with Gasteiger partial charge in [0.25, 0.3) is 0 Å². The van der Waals surface area contributed by atoms with Crippen LogP contribution in [-0.2, 0) is 22.4 Å². The summed E-state index contributed by atoms with van der Waals surface area (Å²) in [5.41, 5.74) is 1.69. The lowest BCUT2D eigenvalue weighted by Crippen LogP contribution is -2.33. The minimum absolute atomic E-state index is 0.112. The Morgan fingerprint density at radius 3 is 1.70 bits per heavy atom. The van der Waals surface area contributed by atoms with Gasteiger partial charge in [0.05, 0.1) is 19.4 Å². The molecule has 2 aromatic rings. The number of aliphatic hydroxyl groups excluding tert-OH is 1. The van der Waals surface area contributed by atoms with Crippen molar-refractivity contribution in [3.8, 4) is 0 Å². The number of likely N-dealkylation sites (N-methyl/N-ethyl adjacent to an activating group) is 1. The van der Waals surface area contributed by atoms with Crippen LogP contribution in [0, 0.1) is 0 Å². The van der Waals surface area contributed by atoms with Gasteiger partial charge in [-0.2, -0.15) is 0 Å². The van der Waals surface area contributed by atoms with Crippen LogP contribution in [0.1, 0.15) is 36.8 Å². The highest BCUT2D eigenvalue weighted by atomic mass is 16.4. The Balaban J connectivity index is 0.000000225. The van der Waals surface area contributed by atoms with Crippen molar-refractivity contribution in [3.63, 3.8) is 0 Å². The second kappa shape index (κ2) is 15.2. The third kappa shape index (κ3) is 12.0. The zero-order valence-electron chi connectivity index (χ0n) is 17.6. The number of aliphatic hydroxyl groups is 1. The first kappa shape index (κ1) is 25.3. The maximum Gasteiger partial charge on any atom is 0.307 e. The highest BCUT2D eigenvalue weighted by Gasteiger charge is 2.15. The van der Waals surface area contributed by atoms with Crippen LogP contribution in [0.3, 0.4) is 0 Å². The summed E-state index contributed by atoms with van der Waals surface area (Å²) in [5, 5.41) is 25.7. The zero-order valence-corrected chi connectivity index (χ0v) is 17.6.